The van der Waals surface area contributed by atoms with Gasteiger partial charge >= 0.3 is 6.18 Å². The van der Waals surface area contributed by atoms with Gasteiger partial charge in [-0.15, -0.1) is 11.3 Å². The highest BCUT2D eigenvalue weighted by Gasteiger charge is 2.44. The highest BCUT2D eigenvalue weighted by atomic mass is 32.1. The molecule has 1 fully saturated rings. The first-order valence-corrected chi connectivity index (χ1v) is 7.62. The molecule has 3 nitrogen and oxygen atoms in total. The van der Waals surface area contributed by atoms with Crippen molar-refractivity contribution in [2.75, 3.05) is 5.32 Å². The fourth-order valence-corrected chi connectivity index (χ4v) is 3.07. The van der Waals surface area contributed by atoms with Crippen LogP contribution in [-0.2, 0) is 11.0 Å². The molecule has 0 aliphatic heterocycles. The molecule has 3 rings (SSSR count). The van der Waals surface area contributed by atoms with Gasteiger partial charge in [0, 0.05) is 11.3 Å². The van der Waals surface area contributed by atoms with E-state index in [-0.39, 0.29) is 17.7 Å². The predicted octanol–water partition coefficient (Wildman–Crippen LogP) is 4.21. The monoisotopic (exact) mass is 326 g/mol. The minimum Gasteiger partial charge on any atom is -0.302 e. The van der Waals surface area contributed by atoms with Crippen LogP contribution in [0.5, 0.6) is 0 Å². The number of halogens is 3. The second-order valence-corrected chi connectivity index (χ2v) is 6.21. The number of hydrogen-bond acceptors (Lipinski definition) is 3. The number of carbonyl (C=O) groups excluding carboxylic acids is 1. The summed E-state index contributed by atoms with van der Waals surface area (Å²) in [5.41, 5.74) is 0.940. The van der Waals surface area contributed by atoms with E-state index in [0.717, 1.165) is 23.4 Å². The van der Waals surface area contributed by atoms with Crippen LogP contribution in [0.25, 0.3) is 0 Å². The highest BCUT2D eigenvalue weighted by molar-refractivity contribution is 7.13. The summed E-state index contributed by atoms with van der Waals surface area (Å²) >= 11 is 1.36. The molecule has 22 heavy (non-hydrogen) atoms. The summed E-state index contributed by atoms with van der Waals surface area (Å²) in [6.07, 6.45) is -3.68. The van der Waals surface area contributed by atoms with Gasteiger partial charge in [0.25, 0.3) is 0 Å². The number of alkyl halides is 3. The molecule has 2 unspecified atom stereocenters. The number of nitrogens with zero attached hydrogens (tertiary/aromatic N) is 1. The number of aryl methyl sites for hydroxylation is 1. The lowest BCUT2D eigenvalue weighted by Crippen LogP contribution is -2.14. The van der Waals surface area contributed by atoms with E-state index in [1.54, 1.807) is 0 Å². The van der Waals surface area contributed by atoms with Crippen molar-refractivity contribution in [1.82, 2.24) is 4.98 Å². The summed E-state index contributed by atoms with van der Waals surface area (Å²) < 4.78 is 37.5. The van der Waals surface area contributed by atoms with Gasteiger partial charge in [0.15, 0.2) is 5.13 Å². The lowest BCUT2D eigenvalue weighted by atomic mass is 10.1. The van der Waals surface area contributed by atoms with Gasteiger partial charge in [-0.3, -0.25) is 4.79 Å². The molecule has 1 N–H and O–H groups in total. The van der Waals surface area contributed by atoms with Crippen molar-refractivity contribution in [1.29, 1.82) is 0 Å². The topological polar surface area (TPSA) is 42.0 Å². The molecule has 0 saturated heterocycles. The third-order valence-electron chi connectivity index (χ3n) is 3.64. The number of aromatic nitrogens is 1. The van der Waals surface area contributed by atoms with Crippen molar-refractivity contribution in [2.24, 2.45) is 5.92 Å². The van der Waals surface area contributed by atoms with Gasteiger partial charge in [-0.1, -0.05) is 12.1 Å². The van der Waals surface area contributed by atoms with E-state index in [4.69, 9.17) is 0 Å². The Morgan fingerprint density at radius 1 is 1.32 bits per heavy atom. The number of rotatable bonds is 3. The van der Waals surface area contributed by atoms with E-state index in [2.05, 4.69) is 10.3 Å². The van der Waals surface area contributed by atoms with Crippen LogP contribution in [0.15, 0.2) is 29.6 Å². The normalized spacial score (nSPS) is 20.7. The Hall–Kier alpha value is -1.89. The Balaban J connectivity index is 1.63. The molecule has 0 bridgehead atoms. The maximum atomic E-state index is 12.5. The molecule has 1 aromatic heterocycles. The van der Waals surface area contributed by atoms with Crippen LogP contribution in [0.3, 0.4) is 0 Å². The Morgan fingerprint density at radius 2 is 2.00 bits per heavy atom. The summed E-state index contributed by atoms with van der Waals surface area (Å²) in [7, 11) is 0. The van der Waals surface area contributed by atoms with E-state index in [0.29, 0.717) is 11.6 Å². The fraction of sp³-hybridized carbons (Fsp3) is 0.333. The van der Waals surface area contributed by atoms with Crippen molar-refractivity contribution in [2.45, 2.75) is 25.4 Å². The molecule has 2 aromatic rings. The van der Waals surface area contributed by atoms with E-state index in [1.807, 2.05) is 12.3 Å². The summed E-state index contributed by atoms with van der Waals surface area (Å²) in [6, 6.07) is 5.03. The van der Waals surface area contributed by atoms with Gasteiger partial charge in [0.1, 0.15) is 0 Å². The highest BCUT2D eigenvalue weighted by Crippen LogP contribution is 2.48. The average molecular weight is 326 g/mol. The molecule has 7 heteroatoms. The number of benzene rings is 1. The van der Waals surface area contributed by atoms with Crippen LogP contribution in [-0.4, -0.2) is 10.9 Å². The van der Waals surface area contributed by atoms with Gasteiger partial charge in [-0.05, 0) is 37.0 Å². The van der Waals surface area contributed by atoms with Gasteiger partial charge in [0.05, 0.1) is 11.3 Å². The molecule has 1 heterocycles. The summed E-state index contributed by atoms with van der Waals surface area (Å²) in [5, 5.41) is 5.15. The molecule has 1 aliphatic rings. The first-order chi connectivity index (χ1) is 10.3. The van der Waals surface area contributed by atoms with Crippen LogP contribution in [0, 0.1) is 12.8 Å². The van der Waals surface area contributed by atoms with Gasteiger partial charge in [-0.2, -0.15) is 13.2 Å². The van der Waals surface area contributed by atoms with Crippen LogP contribution in [0.2, 0.25) is 0 Å². The second kappa shape index (κ2) is 5.39. The first-order valence-electron chi connectivity index (χ1n) is 6.75. The minimum absolute atomic E-state index is 0.0108. The van der Waals surface area contributed by atoms with E-state index >= 15 is 0 Å². The van der Waals surface area contributed by atoms with E-state index in [1.165, 1.54) is 23.5 Å². The minimum atomic E-state index is -4.33. The van der Waals surface area contributed by atoms with Crippen molar-refractivity contribution in [3.8, 4) is 0 Å². The zero-order chi connectivity index (χ0) is 15.9. The molecule has 116 valence electrons. The number of carbonyl (C=O) groups is 1. The van der Waals surface area contributed by atoms with Crippen LogP contribution >= 0.6 is 11.3 Å². The zero-order valence-electron chi connectivity index (χ0n) is 11.6. The van der Waals surface area contributed by atoms with Gasteiger partial charge in [0.2, 0.25) is 5.91 Å². The predicted molar refractivity (Wildman–Crippen MR) is 77.8 cm³/mol. The molecular formula is C15H13F3N2OS. The molecular weight excluding hydrogens is 313 g/mol. The fourth-order valence-electron chi connectivity index (χ4n) is 2.38. The third kappa shape index (κ3) is 3.14. The number of nitrogens with one attached hydrogen (secondary N) is 1. The Kier molecular flexibility index (Phi) is 3.68. The Bertz CT molecular complexity index is 694. The molecule has 2 atom stereocenters. The maximum absolute atomic E-state index is 12.5. The summed E-state index contributed by atoms with van der Waals surface area (Å²) in [4.78, 5) is 16.2. The Morgan fingerprint density at radius 3 is 2.55 bits per heavy atom. The van der Waals surface area contributed by atoms with Crippen molar-refractivity contribution in [3.63, 3.8) is 0 Å². The second-order valence-electron chi connectivity index (χ2n) is 5.35. The third-order valence-corrected chi connectivity index (χ3v) is 4.52. The van der Waals surface area contributed by atoms with Gasteiger partial charge in [-0.25, -0.2) is 4.98 Å². The SMILES string of the molecule is Cc1csc(NC(=O)C2CC2c2ccc(C(F)(F)F)cc2)n1. The van der Waals surface area contributed by atoms with Crippen molar-refractivity contribution in [3.05, 3.63) is 46.5 Å². The van der Waals surface area contributed by atoms with Crippen molar-refractivity contribution < 1.29 is 18.0 Å². The van der Waals surface area contributed by atoms with Crippen LogP contribution in [0.1, 0.15) is 29.2 Å². The molecule has 1 saturated carbocycles. The molecule has 1 aliphatic carbocycles. The smallest absolute Gasteiger partial charge is 0.302 e. The number of thiazole rings is 1. The van der Waals surface area contributed by atoms with E-state index in [9.17, 15) is 18.0 Å². The van der Waals surface area contributed by atoms with Crippen LogP contribution in [0.4, 0.5) is 18.3 Å². The first kappa shape index (κ1) is 15.0. The number of hydrogen-bond donors (Lipinski definition) is 1. The molecule has 1 amide bonds. The zero-order valence-corrected chi connectivity index (χ0v) is 12.5. The maximum Gasteiger partial charge on any atom is 0.416 e. The number of amides is 1. The quantitative estimate of drug-likeness (QED) is 0.918. The summed E-state index contributed by atoms with van der Waals surface area (Å²) in [5.74, 6) is -0.330. The summed E-state index contributed by atoms with van der Waals surface area (Å²) in [6.45, 7) is 1.84. The Labute approximate surface area is 129 Å². The molecule has 0 radical (unpaired) electrons. The van der Waals surface area contributed by atoms with Crippen molar-refractivity contribution >= 4 is 22.4 Å². The number of anilines is 1. The standard InChI is InChI=1S/C15H13F3N2OS/c1-8-7-22-14(19-8)20-13(21)12-6-11(12)9-2-4-10(5-3-9)15(16,17)18/h2-5,7,11-12H,6H2,1H3,(H,19,20,21). The largest absolute Gasteiger partial charge is 0.416 e. The lowest BCUT2D eigenvalue weighted by molar-refractivity contribution is -0.137. The molecule has 1 aromatic carbocycles. The average Bonchev–Trinajstić information content (AvgIpc) is 3.16. The lowest BCUT2D eigenvalue weighted by Gasteiger charge is -2.07. The van der Waals surface area contributed by atoms with Crippen LogP contribution < -0.4 is 5.32 Å². The van der Waals surface area contributed by atoms with Gasteiger partial charge < -0.3 is 5.32 Å². The molecule has 0 spiro atoms. The van der Waals surface area contributed by atoms with E-state index < -0.39 is 11.7 Å².